The molecule has 0 spiro atoms. The molecule has 0 saturated carbocycles. The Balaban J connectivity index is 1.38. The lowest BCUT2D eigenvalue weighted by Crippen LogP contribution is -2.36. The molecule has 160 valence electrons. The van der Waals surface area contributed by atoms with Crippen LogP contribution in [0.15, 0.2) is 48.5 Å². The van der Waals surface area contributed by atoms with Crippen molar-refractivity contribution in [3.8, 4) is 0 Å². The summed E-state index contributed by atoms with van der Waals surface area (Å²) in [5.74, 6) is -0.0965. The van der Waals surface area contributed by atoms with Gasteiger partial charge in [-0.1, -0.05) is 23.7 Å². The van der Waals surface area contributed by atoms with Gasteiger partial charge in [0.15, 0.2) is 0 Å². The molecule has 1 saturated heterocycles. The summed E-state index contributed by atoms with van der Waals surface area (Å²) in [6.45, 7) is 4.37. The number of amides is 2. The number of halogens is 1. The van der Waals surface area contributed by atoms with Gasteiger partial charge in [0.25, 0.3) is 5.91 Å². The molecule has 1 heterocycles. The van der Waals surface area contributed by atoms with E-state index >= 15 is 0 Å². The van der Waals surface area contributed by atoms with E-state index in [1.165, 1.54) is 5.69 Å². The molecule has 0 radical (unpaired) electrons. The number of carbonyl (C=O) groups is 2. The van der Waals surface area contributed by atoms with E-state index in [4.69, 9.17) is 16.3 Å². The summed E-state index contributed by atoms with van der Waals surface area (Å²) in [6.07, 6.45) is 0.988. The Bertz CT molecular complexity index is 834. The zero-order chi connectivity index (χ0) is 21.3. The first-order valence-corrected chi connectivity index (χ1v) is 10.6. The maximum atomic E-state index is 12.4. The van der Waals surface area contributed by atoms with Crippen LogP contribution in [0.2, 0.25) is 5.02 Å². The van der Waals surface area contributed by atoms with Crippen LogP contribution < -0.4 is 10.2 Å². The average Bonchev–Trinajstić information content (AvgIpc) is 2.78. The largest absolute Gasteiger partial charge is 0.378 e. The van der Waals surface area contributed by atoms with Crippen LogP contribution in [0.1, 0.15) is 28.8 Å². The smallest absolute Gasteiger partial charge is 0.251 e. The standard InChI is InChI=1S/C23H28ClN3O3/c1-26(17-18-4-10-21(11-5-18)27-13-15-30-16-14-27)22(28)3-2-12-25-23(29)19-6-8-20(24)9-7-19/h4-11H,2-3,12-17H2,1H3,(H,25,29). The number of carbonyl (C=O) groups excluding carboxylic acids is 2. The summed E-state index contributed by atoms with van der Waals surface area (Å²) in [5, 5.41) is 3.43. The van der Waals surface area contributed by atoms with E-state index in [1.54, 1.807) is 29.2 Å². The van der Waals surface area contributed by atoms with Gasteiger partial charge in [-0.2, -0.15) is 0 Å². The molecule has 1 N–H and O–H groups in total. The van der Waals surface area contributed by atoms with Gasteiger partial charge in [0, 0.05) is 55.9 Å². The van der Waals surface area contributed by atoms with Gasteiger partial charge in [0.2, 0.25) is 5.91 Å². The second kappa shape index (κ2) is 11.0. The van der Waals surface area contributed by atoms with E-state index in [1.807, 2.05) is 7.05 Å². The van der Waals surface area contributed by atoms with E-state index in [2.05, 4.69) is 34.5 Å². The second-order valence-electron chi connectivity index (χ2n) is 7.38. The lowest BCUT2D eigenvalue weighted by Gasteiger charge is -2.29. The van der Waals surface area contributed by atoms with Gasteiger partial charge in [-0.25, -0.2) is 0 Å². The van der Waals surface area contributed by atoms with Crippen LogP contribution in [0.4, 0.5) is 5.69 Å². The van der Waals surface area contributed by atoms with Crippen LogP contribution in [-0.2, 0) is 16.1 Å². The molecule has 0 aliphatic carbocycles. The highest BCUT2D eigenvalue weighted by atomic mass is 35.5. The Morgan fingerprint density at radius 3 is 2.40 bits per heavy atom. The monoisotopic (exact) mass is 429 g/mol. The lowest BCUT2D eigenvalue weighted by molar-refractivity contribution is -0.130. The van der Waals surface area contributed by atoms with Crippen molar-refractivity contribution in [3.63, 3.8) is 0 Å². The van der Waals surface area contributed by atoms with Crippen LogP contribution in [-0.4, -0.2) is 56.6 Å². The first-order valence-electron chi connectivity index (χ1n) is 10.2. The molecule has 3 rings (SSSR count). The highest BCUT2D eigenvalue weighted by Crippen LogP contribution is 2.17. The molecule has 0 bridgehead atoms. The Hall–Kier alpha value is -2.57. The van der Waals surface area contributed by atoms with Gasteiger partial charge in [0.05, 0.1) is 13.2 Å². The van der Waals surface area contributed by atoms with Crippen molar-refractivity contribution in [2.75, 3.05) is 44.8 Å². The van der Waals surface area contributed by atoms with Crippen LogP contribution in [0.3, 0.4) is 0 Å². The van der Waals surface area contributed by atoms with Crippen LogP contribution in [0.5, 0.6) is 0 Å². The zero-order valence-corrected chi connectivity index (χ0v) is 18.0. The van der Waals surface area contributed by atoms with E-state index < -0.39 is 0 Å². The Morgan fingerprint density at radius 1 is 1.07 bits per heavy atom. The molecule has 30 heavy (non-hydrogen) atoms. The number of hydrogen-bond acceptors (Lipinski definition) is 4. The van der Waals surface area contributed by atoms with Crippen molar-refractivity contribution in [2.45, 2.75) is 19.4 Å². The number of benzene rings is 2. The molecule has 2 amide bonds. The third-order valence-corrected chi connectivity index (χ3v) is 5.37. The van der Waals surface area contributed by atoms with E-state index in [0.29, 0.717) is 36.5 Å². The van der Waals surface area contributed by atoms with Gasteiger partial charge >= 0.3 is 0 Å². The third kappa shape index (κ3) is 6.47. The lowest BCUT2D eigenvalue weighted by atomic mass is 10.1. The van der Waals surface area contributed by atoms with Crippen molar-refractivity contribution < 1.29 is 14.3 Å². The minimum absolute atomic E-state index is 0.0630. The topological polar surface area (TPSA) is 61.9 Å². The summed E-state index contributed by atoms with van der Waals surface area (Å²) in [5.41, 5.74) is 2.84. The van der Waals surface area contributed by atoms with Crippen LogP contribution in [0.25, 0.3) is 0 Å². The third-order valence-electron chi connectivity index (χ3n) is 5.12. The first kappa shape index (κ1) is 22.1. The van der Waals surface area contributed by atoms with Crippen molar-refractivity contribution in [1.82, 2.24) is 10.2 Å². The number of hydrogen-bond donors (Lipinski definition) is 1. The molecule has 0 aromatic heterocycles. The number of anilines is 1. The molecule has 6 nitrogen and oxygen atoms in total. The number of nitrogens with one attached hydrogen (secondary N) is 1. The fourth-order valence-electron chi connectivity index (χ4n) is 3.33. The zero-order valence-electron chi connectivity index (χ0n) is 17.3. The maximum Gasteiger partial charge on any atom is 0.251 e. The fourth-order valence-corrected chi connectivity index (χ4v) is 3.46. The normalized spacial score (nSPS) is 13.7. The van der Waals surface area contributed by atoms with Gasteiger partial charge in [-0.3, -0.25) is 9.59 Å². The fraction of sp³-hybridized carbons (Fsp3) is 0.391. The molecular weight excluding hydrogens is 402 g/mol. The summed E-state index contributed by atoms with van der Waals surface area (Å²) in [7, 11) is 1.81. The van der Waals surface area contributed by atoms with Crippen molar-refractivity contribution >= 4 is 29.1 Å². The summed E-state index contributed by atoms with van der Waals surface area (Å²) >= 11 is 5.83. The summed E-state index contributed by atoms with van der Waals surface area (Å²) < 4.78 is 5.39. The molecule has 2 aromatic rings. The average molecular weight is 430 g/mol. The van der Waals surface area contributed by atoms with E-state index in [0.717, 1.165) is 31.9 Å². The quantitative estimate of drug-likeness (QED) is 0.654. The maximum absolute atomic E-state index is 12.4. The molecule has 1 fully saturated rings. The second-order valence-corrected chi connectivity index (χ2v) is 7.82. The SMILES string of the molecule is CN(Cc1ccc(N2CCOCC2)cc1)C(=O)CCCNC(=O)c1ccc(Cl)cc1. The van der Waals surface area contributed by atoms with Crippen molar-refractivity contribution in [1.29, 1.82) is 0 Å². The van der Waals surface area contributed by atoms with Gasteiger partial charge in [-0.15, -0.1) is 0 Å². The minimum Gasteiger partial charge on any atom is -0.378 e. The molecular formula is C23H28ClN3O3. The van der Waals surface area contributed by atoms with E-state index in [9.17, 15) is 9.59 Å². The Morgan fingerprint density at radius 2 is 1.73 bits per heavy atom. The van der Waals surface area contributed by atoms with Gasteiger partial charge < -0.3 is 19.9 Å². The van der Waals surface area contributed by atoms with Crippen LogP contribution >= 0.6 is 11.6 Å². The molecule has 7 heteroatoms. The summed E-state index contributed by atoms with van der Waals surface area (Å²) in [6, 6.07) is 15.1. The molecule has 0 unspecified atom stereocenters. The highest BCUT2D eigenvalue weighted by molar-refractivity contribution is 6.30. The highest BCUT2D eigenvalue weighted by Gasteiger charge is 2.13. The molecule has 1 aliphatic heterocycles. The number of morpholine rings is 1. The Kier molecular flexibility index (Phi) is 8.11. The number of rotatable bonds is 8. The van der Waals surface area contributed by atoms with Crippen molar-refractivity contribution in [3.05, 3.63) is 64.7 Å². The first-order chi connectivity index (χ1) is 14.5. The van der Waals surface area contributed by atoms with Gasteiger partial charge in [-0.05, 0) is 48.4 Å². The number of nitrogens with zero attached hydrogens (tertiary/aromatic N) is 2. The summed E-state index contributed by atoms with van der Waals surface area (Å²) in [4.78, 5) is 28.5. The molecule has 1 aliphatic rings. The minimum atomic E-state index is -0.159. The van der Waals surface area contributed by atoms with Crippen molar-refractivity contribution in [2.24, 2.45) is 0 Å². The number of ether oxygens (including phenoxy) is 1. The predicted molar refractivity (Wildman–Crippen MR) is 119 cm³/mol. The predicted octanol–water partition coefficient (Wildman–Crippen LogP) is 3.35. The molecule has 2 aromatic carbocycles. The molecule has 0 atom stereocenters. The van der Waals surface area contributed by atoms with Crippen LogP contribution in [0, 0.1) is 0 Å². The Labute approximate surface area is 182 Å². The van der Waals surface area contributed by atoms with Gasteiger partial charge in [0.1, 0.15) is 0 Å². The van der Waals surface area contributed by atoms with E-state index in [-0.39, 0.29) is 11.8 Å².